The molecule has 0 saturated carbocycles. The summed E-state index contributed by atoms with van der Waals surface area (Å²) in [5.74, 6) is -0.116. The first kappa shape index (κ1) is 25.2. The molecule has 4 aromatic rings. The molecule has 3 aromatic carbocycles. The zero-order valence-corrected chi connectivity index (χ0v) is 21.6. The number of anilines is 1. The SMILES string of the molecule is CCN(CC(=O)Nc1nc(-c2ccc(Cl)cc2)cn1-c1ccc(C)c(C)c1)C(=O)c1ccccc1C. The smallest absolute Gasteiger partial charge is 0.254 e. The van der Waals surface area contributed by atoms with Crippen LogP contribution in [0, 0.1) is 20.8 Å². The fraction of sp³-hybridized carbons (Fsp3) is 0.207. The molecule has 4 rings (SSSR count). The molecule has 0 unspecified atom stereocenters. The maximum absolute atomic E-state index is 13.1. The summed E-state index contributed by atoms with van der Waals surface area (Å²) >= 11 is 6.06. The maximum Gasteiger partial charge on any atom is 0.254 e. The van der Waals surface area contributed by atoms with Crippen molar-refractivity contribution in [2.75, 3.05) is 18.4 Å². The second kappa shape index (κ2) is 10.8. The molecule has 0 atom stereocenters. The lowest BCUT2D eigenvalue weighted by molar-refractivity contribution is -0.116. The number of nitrogens with zero attached hydrogens (tertiary/aromatic N) is 3. The summed E-state index contributed by atoms with van der Waals surface area (Å²) in [6.45, 7) is 8.17. The molecule has 0 saturated heterocycles. The van der Waals surface area contributed by atoms with Gasteiger partial charge in [0.05, 0.1) is 5.69 Å². The number of carbonyl (C=O) groups is 2. The van der Waals surface area contributed by atoms with Gasteiger partial charge in [-0.1, -0.05) is 48.0 Å². The van der Waals surface area contributed by atoms with Gasteiger partial charge in [-0.25, -0.2) is 4.98 Å². The lowest BCUT2D eigenvalue weighted by Crippen LogP contribution is -2.38. The van der Waals surface area contributed by atoms with Gasteiger partial charge in [-0.15, -0.1) is 0 Å². The molecule has 1 aromatic heterocycles. The van der Waals surface area contributed by atoms with Crippen LogP contribution in [0.3, 0.4) is 0 Å². The fourth-order valence-corrected chi connectivity index (χ4v) is 4.07. The van der Waals surface area contributed by atoms with Gasteiger partial charge in [0, 0.05) is 34.6 Å². The van der Waals surface area contributed by atoms with Crippen LogP contribution in [0.4, 0.5) is 5.95 Å². The van der Waals surface area contributed by atoms with E-state index in [4.69, 9.17) is 16.6 Å². The lowest BCUT2D eigenvalue weighted by atomic mass is 10.1. The van der Waals surface area contributed by atoms with Gasteiger partial charge in [0.15, 0.2) is 0 Å². The van der Waals surface area contributed by atoms with E-state index in [1.54, 1.807) is 18.2 Å². The molecule has 0 spiro atoms. The number of aryl methyl sites for hydroxylation is 3. The van der Waals surface area contributed by atoms with E-state index in [-0.39, 0.29) is 18.4 Å². The number of amides is 2. The van der Waals surface area contributed by atoms with Crippen LogP contribution in [0.15, 0.2) is 72.9 Å². The molecule has 184 valence electrons. The summed E-state index contributed by atoms with van der Waals surface area (Å²) < 4.78 is 1.85. The van der Waals surface area contributed by atoms with E-state index >= 15 is 0 Å². The van der Waals surface area contributed by atoms with Gasteiger partial charge in [0.25, 0.3) is 5.91 Å². The number of aromatic nitrogens is 2. The summed E-state index contributed by atoms with van der Waals surface area (Å²) in [5, 5.41) is 3.56. The highest BCUT2D eigenvalue weighted by Gasteiger charge is 2.21. The van der Waals surface area contributed by atoms with E-state index in [0.717, 1.165) is 22.4 Å². The van der Waals surface area contributed by atoms with Crippen LogP contribution in [0.1, 0.15) is 34.0 Å². The molecule has 1 heterocycles. The molecular formula is C29H29ClN4O2. The van der Waals surface area contributed by atoms with Crippen LogP contribution in [0.5, 0.6) is 0 Å². The van der Waals surface area contributed by atoms with E-state index in [2.05, 4.69) is 18.3 Å². The summed E-state index contributed by atoms with van der Waals surface area (Å²) in [6.07, 6.45) is 1.89. The first-order chi connectivity index (χ1) is 17.3. The van der Waals surface area contributed by atoms with Gasteiger partial charge in [0.2, 0.25) is 11.9 Å². The van der Waals surface area contributed by atoms with E-state index in [9.17, 15) is 9.59 Å². The zero-order chi connectivity index (χ0) is 25.8. The Labute approximate surface area is 216 Å². The minimum absolute atomic E-state index is 0.0836. The van der Waals surface area contributed by atoms with Crippen LogP contribution in [0.25, 0.3) is 16.9 Å². The van der Waals surface area contributed by atoms with Crippen molar-refractivity contribution >= 4 is 29.4 Å². The molecule has 0 fully saturated rings. The van der Waals surface area contributed by atoms with Gasteiger partial charge >= 0.3 is 0 Å². The van der Waals surface area contributed by atoms with Crippen molar-refractivity contribution in [2.24, 2.45) is 0 Å². The Kier molecular flexibility index (Phi) is 7.55. The second-order valence-corrected chi connectivity index (χ2v) is 9.21. The van der Waals surface area contributed by atoms with E-state index in [1.165, 1.54) is 10.5 Å². The standard InChI is InChI=1S/C29H29ClN4O2/c1-5-33(28(36)25-9-7-6-8-20(25)3)18-27(35)32-29-31-26(22-11-13-23(30)14-12-22)17-34(29)24-15-10-19(2)21(4)16-24/h6-17H,5,18H2,1-4H3,(H,31,32,35). The van der Waals surface area contributed by atoms with Gasteiger partial charge in [-0.3, -0.25) is 19.5 Å². The number of imidazole rings is 1. The minimum atomic E-state index is -0.322. The highest BCUT2D eigenvalue weighted by molar-refractivity contribution is 6.30. The third kappa shape index (κ3) is 5.50. The largest absolute Gasteiger partial charge is 0.330 e. The molecular weight excluding hydrogens is 472 g/mol. The van der Waals surface area contributed by atoms with Crippen LogP contribution in [0.2, 0.25) is 5.02 Å². The molecule has 2 amide bonds. The van der Waals surface area contributed by atoms with Crippen molar-refractivity contribution in [2.45, 2.75) is 27.7 Å². The molecule has 7 heteroatoms. The quantitative estimate of drug-likeness (QED) is 0.327. The summed E-state index contributed by atoms with van der Waals surface area (Å²) in [5.41, 5.74) is 6.23. The summed E-state index contributed by atoms with van der Waals surface area (Å²) in [6, 6.07) is 20.9. The summed E-state index contributed by atoms with van der Waals surface area (Å²) in [4.78, 5) is 32.4. The first-order valence-corrected chi connectivity index (χ1v) is 12.2. The molecule has 0 aliphatic rings. The predicted molar refractivity (Wildman–Crippen MR) is 145 cm³/mol. The van der Waals surface area contributed by atoms with Gasteiger partial charge in [0.1, 0.15) is 6.54 Å². The topological polar surface area (TPSA) is 67.2 Å². The molecule has 36 heavy (non-hydrogen) atoms. The minimum Gasteiger partial charge on any atom is -0.330 e. The van der Waals surface area contributed by atoms with Crippen molar-refractivity contribution < 1.29 is 9.59 Å². The number of benzene rings is 3. The van der Waals surface area contributed by atoms with Gasteiger partial charge in [-0.2, -0.15) is 0 Å². The highest BCUT2D eigenvalue weighted by Crippen LogP contribution is 2.26. The first-order valence-electron chi connectivity index (χ1n) is 11.8. The Balaban J connectivity index is 1.63. The molecule has 1 N–H and O–H groups in total. The van der Waals surface area contributed by atoms with Crippen molar-refractivity contribution in [3.63, 3.8) is 0 Å². The maximum atomic E-state index is 13.1. The number of hydrogen-bond donors (Lipinski definition) is 1. The number of halogens is 1. The van der Waals surface area contributed by atoms with E-state index < -0.39 is 0 Å². The third-order valence-electron chi connectivity index (χ3n) is 6.24. The van der Waals surface area contributed by atoms with E-state index in [1.807, 2.05) is 74.0 Å². The van der Waals surface area contributed by atoms with Crippen molar-refractivity contribution in [1.29, 1.82) is 0 Å². The fourth-order valence-electron chi connectivity index (χ4n) is 3.95. The summed E-state index contributed by atoms with van der Waals surface area (Å²) in [7, 11) is 0. The average molecular weight is 501 g/mol. The predicted octanol–water partition coefficient (Wildman–Crippen LogP) is 6.22. The highest BCUT2D eigenvalue weighted by atomic mass is 35.5. The Morgan fingerprint density at radius 3 is 2.33 bits per heavy atom. The zero-order valence-electron chi connectivity index (χ0n) is 20.9. The average Bonchev–Trinajstić information content (AvgIpc) is 3.28. The van der Waals surface area contributed by atoms with Gasteiger partial charge in [-0.05, 0) is 74.7 Å². The third-order valence-corrected chi connectivity index (χ3v) is 6.50. The number of hydrogen-bond acceptors (Lipinski definition) is 3. The molecule has 0 aliphatic heterocycles. The number of carbonyl (C=O) groups excluding carboxylic acids is 2. The van der Waals surface area contributed by atoms with Crippen molar-refractivity contribution in [1.82, 2.24) is 14.5 Å². The van der Waals surface area contributed by atoms with Crippen LogP contribution >= 0.6 is 11.6 Å². The Bertz CT molecular complexity index is 1410. The number of likely N-dealkylation sites (N-methyl/N-ethyl adjacent to an activating group) is 1. The molecule has 0 bridgehead atoms. The van der Waals surface area contributed by atoms with E-state index in [0.29, 0.717) is 28.8 Å². The monoisotopic (exact) mass is 500 g/mol. The Hall–Kier alpha value is -3.90. The lowest BCUT2D eigenvalue weighted by Gasteiger charge is -2.21. The van der Waals surface area contributed by atoms with Crippen LogP contribution < -0.4 is 5.32 Å². The molecule has 0 aliphatic carbocycles. The van der Waals surface area contributed by atoms with Crippen LogP contribution in [-0.4, -0.2) is 39.4 Å². The number of nitrogens with one attached hydrogen (secondary N) is 1. The Morgan fingerprint density at radius 1 is 0.944 bits per heavy atom. The van der Waals surface area contributed by atoms with Gasteiger partial charge < -0.3 is 4.90 Å². The van der Waals surface area contributed by atoms with Crippen molar-refractivity contribution in [3.8, 4) is 16.9 Å². The molecule has 0 radical (unpaired) electrons. The second-order valence-electron chi connectivity index (χ2n) is 8.78. The number of rotatable bonds is 7. The molecule has 6 nitrogen and oxygen atoms in total. The Morgan fingerprint density at radius 2 is 1.67 bits per heavy atom. The van der Waals surface area contributed by atoms with Crippen molar-refractivity contribution in [3.05, 3.63) is 100 Å². The van der Waals surface area contributed by atoms with Crippen LogP contribution in [-0.2, 0) is 4.79 Å². The normalized spacial score (nSPS) is 10.8.